The summed E-state index contributed by atoms with van der Waals surface area (Å²) >= 11 is 6.05. The summed E-state index contributed by atoms with van der Waals surface area (Å²) in [5, 5.41) is 0.632. The molecule has 3 heteroatoms. The lowest BCUT2D eigenvalue weighted by Gasteiger charge is -2.11. The van der Waals surface area contributed by atoms with Gasteiger partial charge in [-0.25, -0.2) is 0 Å². The summed E-state index contributed by atoms with van der Waals surface area (Å²) in [5.74, 6) is 1.03. The Morgan fingerprint density at radius 3 is 2.75 bits per heavy atom. The third-order valence-electron chi connectivity index (χ3n) is 2.77. The minimum absolute atomic E-state index is 0.172. The van der Waals surface area contributed by atoms with E-state index in [2.05, 4.69) is 0 Å². The number of carbonyl (C=O) groups is 1. The van der Waals surface area contributed by atoms with E-state index in [1.54, 1.807) is 6.07 Å². The maximum Gasteiger partial charge on any atom is 0.169 e. The van der Waals surface area contributed by atoms with Crippen LogP contribution in [0.4, 0.5) is 0 Å². The van der Waals surface area contributed by atoms with Crippen LogP contribution in [0.1, 0.15) is 35.7 Å². The molecule has 0 heterocycles. The van der Waals surface area contributed by atoms with Crippen molar-refractivity contribution < 1.29 is 9.53 Å². The summed E-state index contributed by atoms with van der Waals surface area (Å²) in [6.45, 7) is 4.39. The molecule has 0 unspecified atom stereocenters. The quantitative estimate of drug-likeness (QED) is 0.749. The third kappa shape index (κ3) is 2.22. The van der Waals surface area contributed by atoms with Crippen LogP contribution in [0.25, 0.3) is 0 Å². The van der Waals surface area contributed by atoms with Crippen LogP contribution in [0.5, 0.6) is 5.75 Å². The van der Waals surface area contributed by atoms with E-state index >= 15 is 0 Å². The van der Waals surface area contributed by atoms with Gasteiger partial charge in [0, 0.05) is 10.9 Å². The molecule has 1 aromatic carbocycles. The first kappa shape index (κ1) is 11.5. The zero-order valence-corrected chi connectivity index (χ0v) is 10.3. The highest BCUT2D eigenvalue weighted by atomic mass is 35.5. The van der Waals surface area contributed by atoms with Crippen molar-refractivity contribution in [3.05, 3.63) is 28.3 Å². The second-order valence-corrected chi connectivity index (χ2v) is 4.58. The molecule has 1 aliphatic rings. The van der Waals surface area contributed by atoms with Crippen molar-refractivity contribution in [3.8, 4) is 5.75 Å². The molecule has 0 atom stereocenters. The first-order chi connectivity index (χ1) is 7.63. The number of hydrogen-bond donors (Lipinski definition) is 0. The van der Waals surface area contributed by atoms with Gasteiger partial charge >= 0.3 is 0 Å². The first-order valence-corrected chi connectivity index (χ1v) is 5.98. The lowest BCUT2D eigenvalue weighted by molar-refractivity contribution is 0.0964. The molecule has 1 aromatic rings. The van der Waals surface area contributed by atoms with E-state index in [1.165, 1.54) is 0 Å². The van der Waals surface area contributed by atoms with Crippen molar-refractivity contribution in [3.63, 3.8) is 0 Å². The summed E-state index contributed by atoms with van der Waals surface area (Å²) in [5.41, 5.74) is 1.58. The molecule has 0 spiro atoms. The maximum absolute atomic E-state index is 12.0. The summed E-state index contributed by atoms with van der Waals surface area (Å²) in [7, 11) is 0. The number of halogens is 1. The number of hydrogen-bond acceptors (Lipinski definition) is 2. The van der Waals surface area contributed by atoms with Crippen LogP contribution in [0.15, 0.2) is 12.1 Å². The largest absolute Gasteiger partial charge is 0.493 e. The van der Waals surface area contributed by atoms with Crippen LogP contribution in [-0.2, 0) is 0 Å². The van der Waals surface area contributed by atoms with Gasteiger partial charge in [0.15, 0.2) is 5.78 Å². The maximum atomic E-state index is 12.0. The Kier molecular flexibility index (Phi) is 3.20. The van der Waals surface area contributed by atoms with Gasteiger partial charge in [0.25, 0.3) is 0 Å². The van der Waals surface area contributed by atoms with E-state index in [-0.39, 0.29) is 11.7 Å². The Bertz CT molecular complexity index is 422. The van der Waals surface area contributed by atoms with Crippen molar-refractivity contribution in [2.24, 2.45) is 5.92 Å². The zero-order chi connectivity index (χ0) is 11.7. The second kappa shape index (κ2) is 4.46. The second-order valence-electron chi connectivity index (χ2n) is 4.17. The summed E-state index contributed by atoms with van der Waals surface area (Å²) < 4.78 is 5.49. The molecule has 0 bridgehead atoms. The SMILES string of the molecule is CCOc1cc(C)c(Cl)cc1C(=O)C1CC1. The Balaban J connectivity index is 2.39. The van der Waals surface area contributed by atoms with Gasteiger partial charge < -0.3 is 4.74 Å². The Hall–Kier alpha value is -1.02. The highest BCUT2D eigenvalue weighted by Crippen LogP contribution is 2.37. The number of ether oxygens (including phenoxy) is 1. The predicted molar refractivity (Wildman–Crippen MR) is 64.4 cm³/mol. The molecule has 0 aliphatic heterocycles. The van der Waals surface area contributed by atoms with Crippen LogP contribution in [-0.4, -0.2) is 12.4 Å². The molecular formula is C13H15ClO2. The van der Waals surface area contributed by atoms with E-state index in [0.717, 1.165) is 18.4 Å². The molecule has 0 aromatic heterocycles. The lowest BCUT2D eigenvalue weighted by Crippen LogP contribution is -2.06. The fraction of sp³-hybridized carbons (Fsp3) is 0.462. The van der Waals surface area contributed by atoms with Gasteiger partial charge in [-0.3, -0.25) is 4.79 Å². The molecule has 1 aliphatic carbocycles. The fourth-order valence-electron chi connectivity index (χ4n) is 1.69. The van der Waals surface area contributed by atoms with Crippen molar-refractivity contribution in [2.75, 3.05) is 6.61 Å². The minimum atomic E-state index is 0.172. The van der Waals surface area contributed by atoms with Gasteiger partial charge in [0.1, 0.15) is 5.75 Å². The standard InChI is InChI=1S/C13H15ClO2/c1-3-16-12-6-8(2)11(14)7-10(12)13(15)9-4-5-9/h6-7,9H,3-5H2,1-2H3. The van der Waals surface area contributed by atoms with Gasteiger partial charge in [0.05, 0.1) is 12.2 Å². The van der Waals surface area contributed by atoms with Crippen LogP contribution in [0.2, 0.25) is 5.02 Å². The summed E-state index contributed by atoms with van der Waals surface area (Å²) in [6.07, 6.45) is 1.99. The molecule has 0 amide bonds. The van der Waals surface area contributed by atoms with E-state index in [0.29, 0.717) is 22.9 Å². The molecular weight excluding hydrogens is 224 g/mol. The van der Waals surface area contributed by atoms with Crippen LogP contribution >= 0.6 is 11.6 Å². The average molecular weight is 239 g/mol. The van der Waals surface area contributed by atoms with Gasteiger partial charge in [0.2, 0.25) is 0 Å². The summed E-state index contributed by atoms with van der Waals surface area (Å²) in [4.78, 5) is 12.0. The van der Waals surface area contributed by atoms with Crippen LogP contribution < -0.4 is 4.74 Å². The number of carbonyl (C=O) groups excluding carboxylic acids is 1. The zero-order valence-electron chi connectivity index (χ0n) is 9.55. The Labute approximate surface area is 101 Å². The molecule has 86 valence electrons. The van der Waals surface area contributed by atoms with Gasteiger partial charge in [-0.2, -0.15) is 0 Å². The van der Waals surface area contributed by atoms with E-state index < -0.39 is 0 Å². The highest BCUT2D eigenvalue weighted by Gasteiger charge is 2.32. The summed E-state index contributed by atoms with van der Waals surface area (Å²) in [6, 6.07) is 3.59. The Morgan fingerprint density at radius 2 is 2.19 bits per heavy atom. The van der Waals surface area contributed by atoms with Crippen LogP contribution in [0.3, 0.4) is 0 Å². The van der Waals surface area contributed by atoms with Crippen LogP contribution in [0, 0.1) is 12.8 Å². The molecule has 2 rings (SSSR count). The fourth-order valence-corrected chi connectivity index (χ4v) is 1.85. The molecule has 2 nitrogen and oxygen atoms in total. The number of Topliss-reactive ketones (excluding diaryl/α,β-unsaturated/α-hetero) is 1. The van der Waals surface area contributed by atoms with Gasteiger partial charge in [-0.15, -0.1) is 0 Å². The van der Waals surface area contributed by atoms with Crippen molar-refractivity contribution in [2.45, 2.75) is 26.7 Å². The average Bonchev–Trinajstić information content (AvgIpc) is 3.06. The van der Waals surface area contributed by atoms with Gasteiger partial charge in [-0.1, -0.05) is 11.6 Å². The van der Waals surface area contributed by atoms with Gasteiger partial charge in [-0.05, 0) is 44.4 Å². The highest BCUT2D eigenvalue weighted by molar-refractivity contribution is 6.31. The molecule has 1 saturated carbocycles. The molecule has 0 N–H and O–H groups in total. The molecule has 0 radical (unpaired) electrons. The topological polar surface area (TPSA) is 26.3 Å². The van der Waals surface area contributed by atoms with Crippen molar-refractivity contribution in [1.82, 2.24) is 0 Å². The molecule has 16 heavy (non-hydrogen) atoms. The third-order valence-corrected chi connectivity index (χ3v) is 3.18. The first-order valence-electron chi connectivity index (χ1n) is 5.60. The number of ketones is 1. The number of aryl methyl sites for hydroxylation is 1. The number of benzene rings is 1. The van der Waals surface area contributed by atoms with E-state index in [9.17, 15) is 4.79 Å². The normalized spacial score (nSPS) is 14.9. The van der Waals surface area contributed by atoms with E-state index in [4.69, 9.17) is 16.3 Å². The number of rotatable bonds is 4. The van der Waals surface area contributed by atoms with Crippen molar-refractivity contribution in [1.29, 1.82) is 0 Å². The molecule has 1 fully saturated rings. The van der Waals surface area contributed by atoms with Crippen molar-refractivity contribution >= 4 is 17.4 Å². The van der Waals surface area contributed by atoms with E-state index in [1.807, 2.05) is 19.9 Å². The smallest absolute Gasteiger partial charge is 0.169 e. The lowest BCUT2D eigenvalue weighted by atomic mass is 10.0. The molecule has 0 saturated heterocycles. The Morgan fingerprint density at radius 1 is 1.50 bits per heavy atom. The predicted octanol–water partition coefficient (Wildman–Crippen LogP) is 3.64. The monoisotopic (exact) mass is 238 g/mol. The minimum Gasteiger partial charge on any atom is -0.493 e.